The molecule has 0 aromatic heterocycles. The molecule has 2 atom stereocenters. The lowest BCUT2D eigenvalue weighted by atomic mass is 9.65. The van der Waals surface area contributed by atoms with Crippen LogP contribution < -0.4 is 10.1 Å². The van der Waals surface area contributed by atoms with E-state index < -0.39 is 0 Å². The van der Waals surface area contributed by atoms with Crippen LogP contribution >= 0.6 is 0 Å². The van der Waals surface area contributed by atoms with E-state index in [2.05, 4.69) is 44.4 Å². The summed E-state index contributed by atoms with van der Waals surface area (Å²) in [6.45, 7) is 7.61. The largest absolute Gasteiger partial charge is 0.494 e. The van der Waals surface area contributed by atoms with Gasteiger partial charge in [0.1, 0.15) is 5.75 Å². The molecule has 0 radical (unpaired) electrons. The highest BCUT2D eigenvalue weighted by atomic mass is 16.5. The standard InChI is InChI=1S/C18H29NO/c1-5-20-15-10-8-9-14(13-15)17(19-4)16-11-6-7-12-18(16,2)3/h8-10,13,16-17,19H,5-7,11-12H2,1-4H3. The molecule has 1 N–H and O–H groups in total. The van der Waals surface area contributed by atoms with Crippen LogP contribution in [0.2, 0.25) is 0 Å². The summed E-state index contributed by atoms with van der Waals surface area (Å²) in [5.74, 6) is 1.68. The van der Waals surface area contributed by atoms with Gasteiger partial charge in [0.15, 0.2) is 0 Å². The average Bonchev–Trinajstić information content (AvgIpc) is 2.42. The Bertz CT molecular complexity index is 427. The summed E-state index contributed by atoms with van der Waals surface area (Å²) in [6.07, 6.45) is 5.38. The fourth-order valence-corrected chi connectivity index (χ4v) is 3.70. The van der Waals surface area contributed by atoms with E-state index >= 15 is 0 Å². The second-order valence-corrected chi connectivity index (χ2v) is 6.61. The number of hydrogen-bond donors (Lipinski definition) is 1. The molecule has 2 rings (SSSR count). The van der Waals surface area contributed by atoms with E-state index in [1.807, 2.05) is 13.0 Å². The molecule has 0 amide bonds. The van der Waals surface area contributed by atoms with E-state index in [1.54, 1.807) is 0 Å². The zero-order valence-corrected chi connectivity index (χ0v) is 13.4. The van der Waals surface area contributed by atoms with E-state index in [4.69, 9.17) is 4.74 Å². The van der Waals surface area contributed by atoms with Crippen molar-refractivity contribution < 1.29 is 4.74 Å². The van der Waals surface area contributed by atoms with Gasteiger partial charge in [-0.05, 0) is 55.8 Å². The van der Waals surface area contributed by atoms with Gasteiger partial charge in [-0.25, -0.2) is 0 Å². The molecule has 1 aromatic carbocycles. The minimum absolute atomic E-state index is 0.410. The summed E-state index contributed by atoms with van der Waals surface area (Å²) in [6, 6.07) is 9.02. The molecule has 0 saturated heterocycles. The zero-order chi connectivity index (χ0) is 14.6. The van der Waals surface area contributed by atoms with Crippen LogP contribution in [0.15, 0.2) is 24.3 Å². The Balaban J connectivity index is 2.24. The molecule has 1 aliphatic carbocycles. The smallest absolute Gasteiger partial charge is 0.119 e. The lowest BCUT2D eigenvalue weighted by Crippen LogP contribution is -2.37. The molecule has 0 aliphatic heterocycles. The molecule has 1 saturated carbocycles. The predicted octanol–water partition coefficient (Wildman–Crippen LogP) is 4.56. The number of nitrogens with one attached hydrogen (secondary N) is 1. The Hall–Kier alpha value is -1.02. The topological polar surface area (TPSA) is 21.3 Å². The Morgan fingerprint density at radius 2 is 2.15 bits per heavy atom. The van der Waals surface area contributed by atoms with Gasteiger partial charge in [-0.15, -0.1) is 0 Å². The molecule has 112 valence electrons. The van der Waals surface area contributed by atoms with E-state index in [1.165, 1.54) is 31.2 Å². The average molecular weight is 275 g/mol. The normalized spacial score (nSPS) is 23.3. The van der Waals surface area contributed by atoms with Crippen LogP contribution in [-0.2, 0) is 0 Å². The van der Waals surface area contributed by atoms with Crippen molar-refractivity contribution in [3.63, 3.8) is 0 Å². The van der Waals surface area contributed by atoms with Crippen LogP contribution in [0, 0.1) is 11.3 Å². The van der Waals surface area contributed by atoms with Gasteiger partial charge in [0.2, 0.25) is 0 Å². The van der Waals surface area contributed by atoms with Gasteiger partial charge in [-0.3, -0.25) is 0 Å². The summed E-state index contributed by atoms with van der Waals surface area (Å²) < 4.78 is 5.65. The number of ether oxygens (including phenoxy) is 1. The molecule has 0 bridgehead atoms. The molecule has 2 unspecified atom stereocenters. The van der Waals surface area contributed by atoms with Crippen LogP contribution in [0.1, 0.15) is 58.1 Å². The molecular weight excluding hydrogens is 246 g/mol. The number of benzene rings is 1. The second kappa shape index (κ2) is 6.62. The van der Waals surface area contributed by atoms with Gasteiger partial charge in [-0.1, -0.05) is 38.8 Å². The molecule has 1 aliphatic rings. The maximum absolute atomic E-state index is 5.65. The Labute approximate surface area is 123 Å². The third-order valence-corrected chi connectivity index (χ3v) is 4.83. The van der Waals surface area contributed by atoms with E-state index in [0.717, 1.165) is 12.4 Å². The third-order valence-electron chi connectivity index (χ3n) is 4.83. The summed E-state index contributed by atoms with van der Waals surface area (Å²) in [5, 5.41) is 3.56. The molecule has 20 heavy (non-hydrogen) atoms. The first-order valence-corrected chi connectivity index (χ1v) is 7.98. The summed E-state index contributed by atoms with van der Waals surface area (Å²) in [5.41, 5.74) is 1.77. The molecule has 1 fully saturated rings. The van der Waals surface area contributed by atoms with Crippen LogP contribution in [-0.4, -0.2) is 13.7 Å². The Kier molecular flexibility index (Phi) is 5.09. The fourth-order valence-electron chi connectivity index (χ4n) is 3.70. The van der Waals surface area contributed by atoms with Gasteiger partial charge in [-0.2, -0.15) is 0 Å². The first-order chi connectivity index (χ1) is 9.58. The molecule has 2 nitrogen and oxygen atoms in total. The van der Waals surface area contributed by atoms with Crippen molar-refractivity contribution in [1.29, 1.82) is 0 Å². The Morgan fingerprint density at radius 1 is 1.35 bits per heavy atom. The van der Waals surface area contributed by atoms with Gasteiger partial charge >= 0.3 is 0 Å². The van der Waals surface area contributed by atoms with Crippen molar-refractivity contribution >= 4 is 0 Å². The van der Waals surface area contributed by atoms with Crippen molar-refractivity contribution in [2.75, 3.05) is 13.7 Å². The van der Waals surface area contributed by atoms with Crippen molar-refractivity contribution in [3.05, 3.63) is 29.8 Å². The number of hydrogen-bond acceptors (Lipinski definition) is 2. The summed E-state index contributed by atoms with van der Waals surface area (Å²) >= 11 is 0. The maximum Gasteiger partial charge on any atom is 0.119 e. The minimum atomic E-state index is 0.410. The maximum atomic E-state index is 5.65. The van der Waals surface area contributed by atoms with Gasteiger partial charge < -0.3 is 10.1 Å². The molecule has 0 spiro atoms. The quantitative estimate of drug-likeness (QED) is 0.850. The lowest BCUT2D eigenvalue weighted by molar-refractivity contribution is 0.101. The molecule has 2 heteroatoms. The van der Waals surface area contributed by atoms with E-state index in [-0.39, 0.29) is 0 Å². The second-order valence-electron chi connectivity index (χ2n) is 6.61. The van der Waals surface area contributed by atoms with Crippen molar-refractivity contribution in [2.24, 2.45) is 11.3 Å². The lowest BCUT2D eigenvalue weighted by Gasteiger charge is -2.43. The highest BCUT2D eigenvalue weighted by Crippen LogP contribution is 2.46. The highest BCUT2D eigenvalue weighted by molar-refractivity contribution is 5.31. The zero-order valence-electron chi connectivity index (χ0n) is 13.4. The van der Waals surface area contributed by atoms with Crippen LogP contribution in [0.4, 0.5) is 0 Å². The first kappa shape index (κ1) is 15.4. The molecule has 0 heterocycles. The van der Waals surface area contributed by atoms with Gasteiger partial charge in [0.05, 0.1) is 6.61 Å². The van der Waals surface area contributed by atoms with Crippen molar-refractivity contribution in [3.8, 4) is 5.75 Å². The highest BCUT2D eigenvalue weighted by Gasteiger charge is 2.37. The fraction of sp³-hybridized carbons (Fsp3) is 0.667. The molecule has 1 aromatic rings. The van der Waals surface area contributed by atoms with Crippen molar-refractivity contribution in [1.82, 2.24) is 5.32 Å². The predicted molar refractivity (Wildman–Crippen MR) is 85.2 cm³/mol. The van der Waals surface area contributed by atoms with Crippen LogP contribution in [0.3, 0.4) is 0 Å². The van der Waals surface area contributed by atoms with E-state index in [0.29, 0.717) is 17.4 Å². The summed E-state index contributed by atoms with van der Waals surface area (Å²) in [7, 11) is 2.09. The minimum Gasteiger partial charge on any atom is -0.494 e. The summed E-state index contributed by atoms with van der Waals surface area (Å²) in [4.78, 5) is 0. The Morgan fingerprint density at radius 3 is 2.80 bits per heavy atom. The number of rotatable bonds is 5. The first-order valence-electron chi connectivity index (χ1n) is 7.98. The molecular formula is C18H29NO. The van der Waals surface area contributed by atoms with E-state index in [9.17, 15) is 0 Å². The van der Waals surface area contributed by atoms with Crippen LogP contribution in [0.5, 0.6) is 5.75 Å². The monoisotopic (exact) mass is 275 g/mol. The van der Waals surface area contributed by atoms with Gasteiger partial charge in [0.25, 0.3) is 0 Å². The third kappa shape index (κ3) is 3.35. The SMILES string of the molecule is CCOc1cccc(C(NC)C2CCCCC2(C)C)c1. The van der Waals surface area contributed by atoms with Gasteiger partial charge in [0, 0.05) is 6.04 Å². The van der Waals surface area contributed by atoms with Crippen molar-refractivity contribution in [2.45, 2.75) is 52.5 Å². The van der Waals surface area contributed by atoms with Crippen LogP contribution in [0.25, 0.3) is 0 Å².